The fourth-order valence-electron chi connectivity index (χ4n) is 9.05. The van der Waals surface area contributed by atoms with Gasteiger partial charge in [0.15, 0.2) is 5.71 Å². The Bertz CT molecular complexity index is 2650. The van der Waals surface area contributed by atoms with E-state index in [4.69, 9.17) is 9.68 Å². The lowest BCUT2D eigenvalue weighted by Crippen LogP contribution is -2.32. The SMILES string of the molecule is CC1(C)C(/C=C/C=C2\N(CCCCCC(=O)ON3C(=O)CCC3=O)c3ccc(S(=O)(=O)O)cc3C2(C)C)=[N+](CCCCCC(=O)ON2C(=O)CCC2=O)c2ccc(S(=O)(=O)[O-])cc21.CCN(CC)CC. The second-order valence-electron chi connectivity index (χ2n) is 18.5. The van der Waals surface area contributed by atoms with Crippen molar-refractivity contribution in [2.24, 2.45) is 0 Å². The van der Waals surface area contributed by atoms with E-state index in [1.165, 1.54) is 43.9 Å². The van der Waals surface area contributed by atoms with Crippen molar-refractivity contribution in [3.05, 3.63) is 71.5 Å². The highest BCUT2D eigenvalue weighted by Crippen LogP contribution is 2.49. The van der Waals surface area contributed by atoms with Crippen LogP contribution in [0.5, 0.6) is 0 Å². The second kappa shape index (κ2) is 23.1. The van der Waals surface area contributed by atoms with Gasteiger partial charge in [-0.3, -0.25) is 23.7 Å². The lowest BCUT2D eigenvalue weighted by atomic mass is 9.81. The summed E-state index contributed by atoms with van der Waals surface area (Å²) in [6.07, 6.45) is 8.64. The van der Waals surface area contributed by atoms with Crippen LogP contribution in [0.3, 0.4) is 0 Å². The van der Waals surface area contributed by atoms with Gasteiger partial charge in [0.05, 0.1) is 15.2 Å². The Morgan fingerprint density at radius 1 is 0.714 bits per heavy atom. The normalized spacial score (nSPS) is 18.1. The molecule has 0 aliphatic carbocycles. The zero-order valence-corrected chi connectivity index (χ0v) is 42.7. The maximum Gasteiger partial charge on any atom is 0.333 e. The van der Waals surface area contributed by atoms with Crippen LogP contribution < -0.4 is 4.90 Å². The third kappa shape index (κ3) is 13.0. The molecule has 0 unspecified atom stereocenters. The smallest absolute Gasteiger partial charge is 0.333 e. The minimum Gasteiger partial charge on any atom is -0.744 e. The Kier molecular flexibility index (Phi) is 18.2. The number of hydrogen-bond acceptors (Lipinski definition) is 15. The van der Waals surface area contributed by atoms with Crippen LogP contribution in [-0.2, 0) is 69.5 Å². The van der Waals surface area contributed by atoms with E-state index in [1.54, 1.807) is 12.1 Å². The van der Waals surface area contributed by atoms with Crippen molar-refractivity contribution in [3.63, 3.8) is 0 Å². The molecule has 0 saturated carbocycles. The van der Waals surface area contributed by atoms with Gasteiger partial charge in [-0.2, -0.15) is 13.0 Å². The minimum absolute atomic E-state index is 0.00654. The van der Waals surface area contributed by atoms with Crippen molar-refractivity contribution < 1.29 is 69.0 Å². The number of allylic oxidation sites excluding steroid dienone is 4. The summed E-state index contributed by atoms with van der Waals surface area (Å²) < 4.78 is 72.6. The van der Waals surface area contributed by atoms with Gasteiger partial charge in [0.2, 0.25) is 5.69 Å². The van der Waals surface area contributed by atoms with Crippen LogP contribution in [0.15, 0.2) is 70.1 Å². The summed E-state index contributed by atoms with van der Waals surface area (Å²) in [6, 6.07) is 8.65. The maximum atomic E-state index is 12.4. The molecule has 21 heteroatoms. The van der Waals surface area contributed by atoms with E-state index >= 15 is 0 Å². The molecule has 382 valence electrons. The Hall–Kier alpha value is -5.61. The fourth-order valence-corrected chi connectivity index (χ4v) is 10.1. The van der Waals surface area contributed by atoms with Crippen LogP contribution in [0.25, 0.3) is 0 Å². The van der Waals surface area contributed by atoms with Gasteiger partial charge >= 0.3 is 11.9 Å². The highest BCUT2D eigenvalue weighted by atomic mass is 32.2. The number of nitrogens with zero attached hydrogens (tertiary/aromatic N) is 5. The van der Waals surface area contributed by atoms with Gasteiger partial charge in [0.25, 0.3) is 33.7 Å². The van der Waals surface area contributed by atoms with E-state index in [0.717, 1.165) is 11.4 Å². The molecule has 4 amide bonds. The molecule has 70 heavy (non-hydrogen) atoms. The quantitative estimate of drug-likeness (QED) is 0.0639. The molecule has 2 fully saturated rings. The number of carbonyl (C=O) groups excluding carboxylic acids is 6. The van der Waals surface area contributed by atoms with Crippen LogP contribution >= 0.6 is 0 Å². The maximum absolute atomic E-state index is 12.4. The highest BCUT2D eigenvalue weighted by Gasteiger charge is 2.45. The first kappa shape index (κ1) is 55.3. The molecule has 6 rings (SSSR count). The van der Waals surface area contributed by atoms with Gasteiger partial charge in [0.1, 0.15) is 16.7 Å². The Balaban J connectivity index is 0.00000121. The zero-order valence-electron chi connectivity index (χ0n) is 41.0. The number of carbonyl (C=O) groups is 6. The fraction of sp³-hybridized carbons (Fsp3) is 0.531. The third-order valence-electron chi connectivity index (χ3n) is 13.1. The Morgan fingerprint density at radius 2 is 1.21 bits per heavy atom. The lowest BCUT2D eigenvalue weighted by Gasteiger charge is -2.27. The van der Waals surface area contributed by atoms with Crippen molar-refractivity contribution >= 4 is 72.9 Å². The van der Waals surface area contributed by atoms with Crippen molar-refractivity contribution in [3.8, 4) is 0 Å². The zero-order chi connectivity index (χ0) is 51.8. The molecule has 0 bridgehead atoms. The molecular weight excluding hydrogens is 947 g/mol. The number of hydrogen-bond donors (Lipinski definition) is 1. The summed E-state index contributed by atoms with van der Waals surface area (Å²) in [5.74, 6) is -3.63. The minimum atomic E-state index is -4.77. The van der Waals surface area contributed by atoms with Crippen LogP contribution in [0.4, 0.5) is 11.4 Å². The first-order valence-corrected chi connectivity index (χ1v) is 26.6. The van der Waals surface area contributed by atoms with E-state index in [2.05, 4.69) is 25.7 Å². The largest absolute Gasteiger partial charge is 0.744 e. The first-order chi connectivity index (χ1) is 32.9. The Morgan fingerprint density at radius 3 is 1.70 bits per heavy atom. The standard InChI is InChI=1S/C43H50N4O14S2.C6H15N/c1-42(2)30-26-28(62(54,55)56)16-18-32(30)44(24-9-5-7-14-40(52)60-46-36(48)20-21-37(46)49)34(42)12-11-13-35-43(3,4)31-27-29(63(57,58)59)17-19-33(31)45(35)25-10-6-8-15-41(53)61-47-38(50)22-23-39(47)51;1-4-7(5-2)6-3/h11-13,16-19,26-27H,5-10,14-15,20-25H2,1-4H3,(H-,54,55,56,57,58,59);4-6H2,1-3H3. The summed E-state index contributed by atoms with van der Waals surface area (Å²) in [7, 11) is -9.30. The van der Waals surface area contributed by atoms with Crippen LogP contribution in [-0.4, -0.2) is 120 Å². The average Bonchev–Trinajstić information content (AvgIpc) is 3.93. The predicted molar refractivity (Wildman–Crippen MR) is 256 cm³/mol. The van der Waals surface area contributed by atoms with Gasteiger partial charge in [-0.1, -0.05) is 47.1 Å². The number of benzene rings is 2. The average molecular weight is 1010 g/mol. The molecule has 2 aromatic carbocycles. The van der Waals surface area contributed by atoms with Gasteiger partial charge in [-0.15, -0.1) is 10.1 Å². The topological polar surface area (TPSA) is 248 Å². The van der Waals surface area contributed by atoms with Crippen LogP contribution in [0.1, 0.15) is 137 Å². The van der Waals surface area contributed by atoms with E-state index in [-0.39, 0.29) is 48.3 Å². The highest BCUT2D eigenvalue weighted by molar-refractivity contribution is 7.86. The van der Waals surface area contributed by atoms with E-state index in [0.29, 0.717) is 84.2 Å². The summed E-state index contributed by atoms with van der Waals surface area (Å²) >= 11 is 0. The molecular formula is C49H65N5O14S2. The monoisotopic (exact) mass is 1010 g/mol. The molecule has 4 aliphatic heterocycles. The van der Waals surface area contributed by atoms with Crippen LogP contribution in [0, 0.1) is 0 Å². The summed E-state index contributed by atoms with van der Waals surface area (Å²) in [5, 5.41) is 1.03. The number of hydroxylamine groups is 4. The molecule has 4 heterocycles. The predicted octanol–water partition coefficient (Wildman–Crippen LogP) is 6.13. The molecule has 0 atom stereocenters. The van der Waals surface area contributed by atoms with Gasteiger partial charge < -0.3 is 24.0 Å². The summed E-state index contributed by atoms with van der Waals surface area (Å²) in [4.78, 5) is 85.9. The van der Waals surface area contributed by atoms with Crippen LogP contribution in [0.2, 0.25) is 0 Å². The van der Waals surface area contributed by atoms with E-state index in [1.807, 2.05) is 55.4 Å². The summed E-state index contributed by atoms with van der Waals surface area (Å²) in [6.45, 7) is 18.7. The molecule has 0 spiro atoms. The molecule has 0 radical (unpaired) electrons. The molecule has 0 aromatic heterocycles. The Labute approximate surface area is 410 Å². The van der Waals surface area contributed by atoms with E-state index < -0.39 is 66.6 Å². The summed E-state index contributed by atoms with van der Waals surface area (Å²) in [5.41, 5.74) is 2.68. The molecule has 19 nitrogen and oxygen atoms in total. The van der Waals surface area contributed by atoms with Gasteiger partial charge in [-0.25, -0.2) is 18.0 Å². The van der Waals surface area contributed by atoms with Gasteiger partial charge in [0, 0.05) is 86.0 Å². The molecule has 2 saturated heterocycles. The molecule has 4 aliphatic rings. The number of amides is 4. The molecule has 1 N–H and O–H groups in total. The number of fused-ring (bicyclic) bond motifs is 2. The third-order valence-corrected chi connectivity index (χ3v) is 14.8. The number of imide groups is 2. The molecule has 2 aromatic rings. The lowest BCUT2D eigenvalue weighted by molar-refractivity contribution is -0.438. The van der Waals surface area contributed by atoms with Crippen molar-refractivity contribution in [2.75, 3.05) is 37.6 Å². The first-order valence-electron chi connectivity index (χ1n) is 23.8. The van der Waals surface area contributed by atoms with Crippen molar-refractivity contribution in [2.45, 2.75) is 146 Å². The van der Waals surface area contributed by atoms with Gasteiger partial charge in [-0.05, 0) is 101 Å². The number of rotatable bonds is 21. The number of anilines is 1. The van der Waals surface area contributed by atoms with Crippen molar-refractivity contribution in [1.82, 2.24) is 15.0 Å². The second-order valence-corrected chi connectivity index (χ2v) is 21.3. The van der Waals surface area contributed by atoms with E-state index in [9.17, 15) is 54.7 Å². The number of unbranched alkanes of at least 4 members (excludes halogenated alkanes) is 4. The van der Waals surface area contributed by atoms with Crippen molar-refractivity contribution in [1.29, 1.82) is 0 Å².